The molecule has 0 saturated carbocycles. The van der Waals surface area contributed by atoms with Crippen LogP contribution < -0.4 is 0 Å². The van der Waals surface area contributed by atoms with Crippen LogP contribution in [0.5, 0.6) is 0 Å². The zero-order valence-corrected chi connectivity index (χ0v) is 20.0. The molecule has 0 spiro atoms. The summed E-state index contributed by atoms with van der Waals surface area (Å²) in [6, 6.07) is 8.96. The highest BCUT2D eigenvalue weighted by Gasteiger charge is 2.51. The fourth-order valence-corrected chi connectivity index (χ4v) is 4.14. The van der Waals surface area contributed by atoms with Gasteiger partial charge in [0.2, 0.25) is 0 Å². The van der Waals surface area contributed by atoms with Crippen molar-refractivity contribution in [3.8, 4) is 0 Å². The van der Waals surface area contributed by atoms with Crippen LogP contribution in [-0.2, 0) is 25.6 Å². The number of carbonyl (C=O) groups is 2. The number of hydrogen-bond donors (Lipinski definition) is 0. The monoisotopic (exact) mass is 434 g/mol. The molecule has 31 heavy (non-hydrogen) atoms. The molecule has 3 atom stereocenters. The molecule has 1 aromatic carbocycles. The van der Waals surface area contributed by atoms with Crippen LogP contribution >= 0.6 is 0 Å². The lowest BCUT2D eigenvalue weighted by Gasteiger charge is -2.33. The van der Waals surface area contributed by atoms with E-state index >= 15 is 0 Å². The van der Waals surface area contributed by atoms with E-state index in [-0.39, 0.29) is 24.7 Å². The van der Waals surface area contributed by atoms with Gasteiger partial charge in [-0.25, -0.2) is 4.79 Å². The van der Waals surface area contributed by atoms with E-state index < -0.39 is 17.9 Å². The number of benzene rings is 1. The van der Waals surface area contributed by atoms with Gasteiger partial charge in [0.25, 0.3) is 0 Å². The van der Waals surface area contributed by atoms with E-state index in [1.807, 2.05) is 63.2 Å². The second-order valence-corrected chi connectivity index (χ2v) is 9.18. The molecule has 2 rings (SSSR count). The van der Waals surface area contributed by atoms with Gasteiger partial charge < -0.3 is 14.2 Å². The van der Waals surface area contributed by atoms with Gasteiger partial charge in [0.15, 0.2) is 0 Å². The van der Waals surface area contributed by atoms with Crippen molar-refractivity contribution < 1.29 is 23.8 Å². The molecule has 0 N–H and O–H groups in total. The Hall–Kier alpha value is -2.12. The molecule has 1 aromatic rings. The third-order valence-corrected chi connectivity index (χ3v) is 5.53. The summed E-state index contributed by atoms with van der Waals surface area (Å²) in [5, 5.41) is 0. The quantitative estimate of drug-likeness (QED) is 0.546. The summed E-state index contributed by atoms with van der Waals surface area (Å²) in [5.41, 5.74) is 0.0875. The van der Waals surface area contributed by atoms with Gasteiger partial charge in [-0.05, 0) is 52.8 Å². The van der Waals surface area contributed by atoms with Crippen LogP contribution in [0.25, 0.3) is 0 Å². The number of carbonyl (C=O) groups excluding carboxylic acids is 2. The van der Waals surface area contributed by atoms with Gasteiger partial charge in [-0.3, -0.25) is 14.6 Å². The molecule has 174 valence electrons. The van der Waals surface area contributed by atoms with Crippen molar-refractivity contribution in [2.24, 2.45) is 5.92 Å². The molecule has 1 fully saturated rings. The van der Waals surface area contributed by atoms with E-state index in [2.05, 4.69) is 13.8 Å². The minimum absolute atomic E-state index is 0.199. The van der Waals surface area contributed by atoms with Crippen LogP contribution in [0.1, 0.15) is 53.0 Å². The van der Waals surface area contributed by atoms with Crippen molar-refractivity contribution >= 4 is 12.1 Å². The minimum Gasteiger partial charge on any atom is -0.465 e. The van der Waals surface area contributed by atoms with Gasteiger partial charge in [0.1, 0.15) is 18.4 Å². The molecule has 1 aliphatic heterocycles. The first-order chi connectivity index (χ1) is 14.6. The van der Waals surface area contributed by atoms with Gasteiger partial charge >= 0.3 is 12.1 Å². The summed E-state index contributed by atoms with van der Waals surface area (Å²) >= 11 is 0. The Kier molecular flexibility index (Phi) is 8.89. The zero-order chi connectivity index (χ0) is 23.2. The molecule has 0 unspecified atom stereocenters. The molecular formula is C24H38N2O5. The summed E-state index contributed by atoms with van der Waals surface area (Å²) in [6.07, 6.45) is 0.477. The first kappa shape index (κ1) is 25.1. The molecule has 1 amide bonds. The largest absolute Gasteiger partial charge is 0.465 e. The number of likely N-dealkylation sites (N-methyl/N-ethyl adjacent to an activating group) is 1. The van der Waals surface area contributed by atoms with Gasteiger partial charge in [0, 0.05) is 6.42 Å². The second kappa shape index (κ2) is 11.0. The topological polar surface area (TPSA) is 68.3 Å². The Morgan fingerprint density at radius 2 is 1.77 bits per heavy atom. The first-order valence-corrected chi connectivity index (χ1v) is 11.1. The number of rotatable bonds is 9. The van der Waals surface area contributed by atoms with E-state index in [0.29, 0.717) is 18.9 Å². The van der Waals surface area contributed by atoms with Gasteiger partial charge in [-0.1, -0.05) is 44.2 Å². The second-order valence-electron chi connectivity index (χ2n) is 9.18. The molecule has 0 aliphatic carbocycles. The summed E-state index contributed by atoms with van der Waals surface area (Å²) in [7, 11) is 3.70. The number of amides is 1. The van der Waals surface area contributed by atoms with E-state index in [9.17, 15) is 9.59 Å². The predicted octanol–water partition coefficient (Wildman–Crippen LogP) is 4.06. The number of ether oxygens (including phenoxy) is 3. The van der Waals surface area contributed by atoms with Crippen LogP contribution in [0.2, 0.25) is 0 Å². The molecule has 0 aromatic heterocycles. The van der Waals surface area contributed by atoms with Crippen LogP contribution in [0.3, 0.4) is 0 Å². The van der Waals surface area contributed by atoms with Gasteiger partial charge in [0.05, 0.1) is 18.8 Å². The Labute approximate surface area is 186 Å². The highest BCUT2D eigenvalue weighted by molar-refractivity contribution is 5.76. The van der Waals surface area contributed by atoms with Crippen molar-refractivity contribution in [3.63, 3.8) is 0 Å². The van der Waals surface area contributed by atoms with E-state index in [1.165, 1.54) is 0 Å². The number of hydrogen-bond acceptors (Lipinski definition) is 6. The molecule has 0 bridgehead atoms. The van der Waals surface area contributed by atoms with Gasteiger partial charge in [-0.15, -0.1) is 0 Å². The van der Waals surface area contributed by atoms with Crippen LogP contribution in [0, 0.1) is 5.92 Å². The lowest BCUT2D eigenvalue weighted by atomic mass is 9.94. The summed E-state index contributed by atoms with van der Waals surface area (Å²) in [4.78, 5) is 29.2. The number of esters is 1. The lowest BCUT2D eigenvalue weighted by Crippen LogP contribution is -2.49. The van der Waals surface area contributed by atoms with Crippen LogP contribution in [0.15, 0.2) is 30.3 Å². The SMILES string of the molecule is CCOC(=O)[C@@H](C[C@@H]1OC(C)(C)N(C(=O)OCc2ccccc2)[C@H]1CC(C)C)N(C)C. The Balaban J connectivity index is 2.21. The summed E-state index contributed by atoms with van der Waals surface area (Å²) in [6.45, 7) is 10.3. The molecule has 1 saturated heterocycles. The zero-order valence-electron chi connectivity index (χ0n) is 20.0. The standard InChI is InChI=1S/C24H38N2O5/c1-8-29-22(27)20(25(6)7)15-21-19(14-17(2)3)26(24(4,5)31-21)23(28)30-16-18-12-10-9-11-13-18/h9-13,17,19-21H,8,14-16H2,1-7H3/t19-,20+,21-/m0/s1. The summed E-state index contributed by atoms with van der Waals surface area (Å²) < 4.78 is 17.3. The average Bonchev–Trinajstić information content (AvgIpc) is 2.93. The average molecular weight is 435 g/mol. The van der Waals surface area contributed by atoms with Crippen LogP contribution in [-0.4, -0.2) is 66.5 Å². The molecule has 0 radical (unpaired) electrons. The minimum atomic E-state index is -0.844. The third kappa shape index (κ3) is 6.68. The highest BCUT2D eigenvalue weighted by atomic mass is 16.6. The number of nitrogens with zero attached hydrogens (tertiary/aromatic N) is 2. The normalized spacial score (nSPS) is 21.4. The van der Waals surface area contributed by atoms with E-state index in [1.54, 1.807) is 11.8 Å². The molecule has 7 nitrogen and oxygen atoms in total. The Morgan fingerprint density at radius 3 is 2.32 bits per heavy atom. The van der Waals surface area contributed by atoms with Crippen molar-refractivity contribution in [3.05, 3.63) is 35.9 Å². The van der Waals surface area contributed by atoms with Crippen LogP contribution in [0.4, 0.5) is 4.79 Å². The molecule has 7 heteroatoms. The maximum absolute atomic E-state index is 13.1. The Bertz CT molecular complexity index is 720. The Morgan fingerprint density at radius 1 is 1.13 bits per heavy atom. The maximum atomic E-state index is 13.1. The van der Waals surface area contributed by atoms with Crippen molar-refractivity contribution in [2.75, 3.05) is 20.7 Å². The smallest absolute Gasteiger partial charge is 0.412 e. The summed E-state index contributed by atoms with van der Waals surface area (Å²) in [5.74, 6) is 0.0668. The first-order valence-electron chi connectivity index (χ1n) is 11.1. The van der Waals surface area contributed by atoms with Crippen molar-refractivity contribution in [2.45, 2.75) is 78.0 Å². The fourth-order valence-electron chi connectivity index (χ4n) is 4.14. The molecule has 1 aliphatic rings. The molecule has 1 heterocycles. The third-order valence-electron chi connectivity index (χ3n) is 5.53. The van der Waals surface area contributed by atoms with E-state index in [4.69, 9.17) is 14.2 Å². The predicted molar refractivity (Wildman–Crippen MR) is 119 cm³/mol. The van der Waals surface area contributed by atoms with E-state index in [0.717, 1.165) is 12.0 Å². The van der Waals surface area contributed by atoms with Crippen molar-refractivity contribution in [1.29, 1.82) is 0 Å². The highest BCUT2D eigenvalue weighted by Crippen LogP contribution is 2.38. The fraction of sp³-hybridized carbons (Fsp3) is 0.667. The lowest BCUT2D eigenvalue weighted by molar-refractivity contribution is -0.150. The van der Waals surface area contributed by atoms with Crippen molar-refractivity contribution in [1.82, 2.24) is 9.80 Å². The maximum Gasteiger partial charge on any atom is 0.412 e. The van der Waals surface area contributed by atoms with Gasteiger partial charge in [-0.2, -0.15) is 0 Å². The molecular weight excluding hydrogens is 396 g/mol.